The quantitative estimate of drug-likeness (QED) is 0.919. The zero-order valence-electron chi connectivity index (χ0n) is 10.3. The van der Waals surface area contributed by atoms with Gasteiger partial charge in [0.2, 0.25) is 5.82 Å². The normalized spacial score (nSPS) is 14.3. The van der Waals surface area contributed by atoms with E-state index in [1.54, 1.807) is 0 Å². The third-order valence-electron chi connectivity index (χ3n) is 3.10. The maximum atomic E-state index is 14.0. The average Bonchev–Trinajstić information content (AvgIpc) is 2.85. The summed E-state index contributed by atoms with van der Waals surface area (Å²) in [6.45, 7) is 1.61. The van der Waals surface area contributed by atoms with E-state index in [9.17, 15) is 8.78 Å². The SMILES string of the molecule is COc1ccc(-c2nc3c(s2)CNCC3)c(F)c1F. The second-order valence-corrected chi connectivity index (χ2v) is 5.34. The number of fused-ring (bicyclic) bond motifs is 1. The molecule has 6 heteroatoms. The molecule has 0 saturated carbocycles. The van der Waals surface area contributed by atoms with E-state index in [4.69, 9.17) is 4.74 Å². The average molecular weight is 282 g/mol. The molecule has 1 aromatic carbocycles. The fourth-order valence-corrected chi connectivity index (χ4v) is 3.19. The first-order valence-electron chi connectivity index (χ1n) is 5.92. The lowest BCUT2D eigenvalue weighted by Gasteiger charge is -2.09. The lowest BCUT2D eigenvalue weighted by Crippen LogP contribution is -2.22. The number of nitrogens with one attached hydrogen (secondary N) is 1. The van der Waals surface area contributed by atoms with Crippen LogP contribution in [-0.4, -0.2) is 18.6 Å². The molecular weight excluding hydrogens is 270 g/mol. The molecule has 0 fully saturated rings. The Morgan fingerprint density at radius 3 is 2.89 bits per heavy atom. The minimum Gasteiger partial charge on any atom is -0.494 e. The minimum absolute atomic E-state index is 0.0933. The zero-order valence-corrected chi connectivity index (χ0v) is 11.1. The predicted octanol–water partition coefficient (Wildman–Crippen LogP) is 2.74. The number of rotatable bonds is 2. The van der Waals surface area contributed by atoms with Crippen LogP contribution in [-0.2, 0) is 13.0 Å². The molecule has 19 heavy (non-hydrogen) atoms. The highest BCUT2D eigenvalue weighted by atomic mass is 32.1. The maximum Gasteiger partial charge on any atom is 0.201 e. The maximum absolute atomic E-state index is 14.0. The number of ether oxygens (including phenoxy) is 1. The second-order valence-electron chi connectivity index (χ2n) is 4.26. The van der Waals surface area contributed by atoms with E-state index < -0.39 is 11.6 Å². The first-order chi connectivity index (χ1) is 9.20. The van der Waals surface area contributed by atoms with Crippen LogP contribution in [0.5, 0.6) is 5.75 Å². The van der Waals surface area contributed by atoms with Gasteiger partial charge >= 0.3 is 0 Å². The molecule has 100 valence electrons. The van der Waals surface area contributed by atoms with E-state index in [0.717, 1.165) is 30.1 Å². The van der Waals surface area contributed by atoms with Crippen LogP contribution in [0.25, 0.3) is 10.6 Å². The van der Waals surface area contributed by atoms with Gasteiger partial charge in [0, 0.05) is 30.0 Å². The number of halogens is 2. The molecule has 1 aromatic heterocycles. The standard InChI is InChI=1S/C13H12F2N2OS/c1-18-9-3-2-7(11(14)12(9)15)13-17-8-4-5-16-6-10(8)19-13/h2-3,16H,4-6H2,1H3. The fourth-order valence-electron chi connectivity index (χ4n) is 2.10. The van der Waals surface area contributed by atoms with E-state index in [1.807, 2.05) is 0 Å². The summed E-state index contributed by atoms with van der Waals surface area (Å²) >= 11 is 1.40. The van der Waals surface area contributed by atoms with Crippen LogP contribution in [0, 0.1) is 11.6 Å². The van der Waals surface area contributed by atoms with Gasteiger partial charge in [-0.05, 0) is 12.1 Å². The first-order valence-corrected chi connectivity index (χ1v) is 6.74. The van der Waals surface area contributed by atoms with Gasteiger partial charge in [-0.1, -0.05) is 0 Å². The summed E-state index contributed by atoms with van der Waals surface area (Å²) < 4.78 is 32.4. The number of thiazole rings is 1. The number of methoxy groups -OCH3 is 1. The van der Waals surface area contributed by atoms with E-state index in [1.165, 1.54) is 30.6 Å². The first kappa shape index (κ1) is 12.5. The molecule has 3 rings (SSSR count). The van der Waals surface area contributed by atoms with Gasteiger partial charge < -0.3 is 10.1 Å². The van der Waals surface area contributed by atoms with Gasteiger partial charge in [0.05, 0.1) is 12.8 Å². The van der Waals surface area contributed by atoms with Crippen LogP contribution >= 0.6 is 11.3 Å². The Labute approximate surface area is 113 Å². The van der Waals surface area contributed by atoms with Crippen molar-refractivity contribution in [2.45, 2.75) is 13.0 Å². The Hall–Kier alpha value is -1.53. The van der Waals surface area contributed by atoms with Crippen molar-refractivity contribution in [1.29, 1.82) is 0 Å². The van der Waals surface area contributed by atoms with Crippen LogP contribution in [0.4, 0.5) is 8.78 Å². The van der Waals surface area contributed by atoms with Crippen molar-refractivity contribution in [3.8, 4) is 16.3 Å². The number of nitrogens with zero attached hydrogens (tertiary/aromatic N) is 1. The van der Waals surface area contributed by atoms with Crippen molar-refractivity contribution >= 4 is 11.3 Å². The Morgan fingerprint density at radius 2 is 2.16 bits per heavy atom. The van der Waals surface area contributed by atoms with E-state index in [0.29, 0.717) is 5.01 Å². The molecule has 0 amide bonds. The van der Waals surface area contributed by atoms with Crippen molar-refractivity contribution in [3.63, 3.8) is 0 Å². The van der Waals surface area contributed by atoms with Crippen LogP contribution in [0.3, 0.4) is 0 Å². The molecule has 1 aliphatic rings. The summed E-state index contributed by atoms with van der Waals surface area (Å²) in [5, 5.41) is 3.75. The summed E-state index contributed by atoms with van der Waals surface area (Å²) in [5.74, 6) is -1.96. The van der Waals surface area contributed by atoms with Crippen molar-refractivity contribution in [2.75, 3.05) is 13.7 Å². The molecular formula is C13H12F2N2OS. The van der Waals surface area contributed by atoms with Crippen LogP contribution in [0.1, 0.15) is 10.6 Å². The van der Waals surface area contributed by atoms with Crippen molar-refractivity contribution in [2.24, 2.45) is 0 Å². The van der Waals surface area contributed by atoms with Gasteiger partial charge in [0.15, 0.2) is 11.6 Å². The van der Waals surface area contributed by atoms with E-state index >= 15 is 0 Å². The monoisotopic (exact) mass is 282 g/mol. The van der Waals surface area contributed by atoms with Gasteiger partial charge in [0.25, 0.3) is 0 Å². The third kappa shape index (κ3) is 2.11. The highest BCUT2D eigenvalue weighted by molar-refractivity contribution is 7.15. The Balaban J connectivity index is 2.07. The number of aromatic nitrogens is 1. The molecule has 0 saturated heterocycles. The summed E-state index contributed by atoms with van der Waals surface area (Å²) in [4.78, 5) is 5.50. The molecule has 0 bridgehead atoms. The molecule has 0 unspecified atom stereocenters. The highest BCUT2D eigenvalue weighted by Gasteiger charge is 2.20. The van der Waals surface area contributed by atoms with Gasteiger partial charge in [0.1, 0.15) is 5.01 Å². The Morgan fingerprint density at radius 1 is 1.32 bits per heavy atom. The Bertz CT molecular complexity index is 604. The highest BCUT2D eigenvalue weighted by Crippen LogP contribution is 2.34. The van der Waals surface area contributed by atoms with Gasteiger partial charge in [-0.2, -0.15) is 4.39 Å². The molecule has 3 nitrogen and oxygen atoms in total. The van der Waals surface area contributed by atoms with Crippen molar-refractivity contribution in [1.82, 2.24) is 10.3 Å². The van der Waals surface area contributed by atoms with Gasteiger partial charge in [-0.25, -0.2) is 9.37 Å². The molecule has 0 atom stereocenters. The second kappa shape index (κ2) is 4.86. The number of hydrogen-bond acceptors (Lipinski definition) is 4. The number of benzene rings is 1. The fraction of sp³-hybridized carbons (Fsp3) is 0.308. The molecule has 2 heterocycles. The minimum atomic E-state index is -0.966. The van der Waals surface area contributed by atoms with Crippen LogP contribution in [0.2, 0.25) is 0 Å². The molecule has 1 N–H and O–H groups in total. The summed E-state index contributed by atoms with van der Waals surface area (Å²) in [7, 11) is 1.31. The predicted molar refractivity (Wildman–Crippen MR) is 69.4 cm³/mol. The molecule has 2 aromatic rings. The Kier molecular flexibility index (Phi) is 3.20. The summed E-state index contributed by atoms with van der Waals surface area (Å²) in [6.07, 6.45) is 0.825. The molecule has 0 aliphatic carbocycles. The van der Waals surface area contributed by atoms with Gasteiger partial charge in [-0.3, -0.25) is 0 Å². The van der Waals surface area contributed by atoms with Crippen LogP contribution in [0.15, 0.2) is 12.1 Å². The zero-order chi connectivity index (χ0) is 13.4. The summed E-state index contributed by atoms with van der Waals surface area (Å²) in [5.41, 5.74) is 1.17. The lowest BCUT2D eigenvalue weighted by molar-refractivity contribution is 0.372. The molecule has 0 spiro atoms. The summed E-state index contributed by atoms with van der Waals surface area (Å²) in [6, 6.07) is 2.93. The number of hydrogen-bond donors (Lipinski definition) is 1. The largest absolute Gasteiger partial charge is 0.494 e. The molecule has 1 aliphatic heterocycles. The van der Waals surface area contributed by atoms with Crippen LogP contribution < -0.4 is 10.1 Å². The van der Waals surface area contributed by atoms with E-state index in [-0.39, 0.29) is 11.3 Å². The van der Waals surface area contributed by atoms with Gasteiger partial charge in [-0.15, -0.1) is 11.3 Å². The van der Waals surface area contributed by atoms with E-state index in [2.05, 4.69) is 10.3 Å². The van der Waals surface area contributed by atoms with Crippen molar-refractivity contribution < 1.29 is 13.5 Å². The lowest BCUT2D eigenvalue weighted by atomic mass is 10.2. The van der Waals surface area contributed by atoms with Crippen molar-refractivity contribution in [3.05, 3.63) is 34.3 Å². The smallest absolute Gasteiger partial charge is 0.201 e. The topological polar surface area (TPSA) is 34.1 Å². The molecule has 0 radical (unpaired) electrons. The third-order valence-corrected chi connectivity index (χ3v) is 4.23.